The van der Waals surface area contributed by atoms with E-state index < -0.39 is 30.5 Å². The van der Waals surface area contributed by atoms with Crippen LogP contribution in [0.4, 0.5) is 10.5 Å². The molecule has 3 aliphatic rings. The molecule has 0 aliphatic carbocycles. The number of hydrogen-bond acceptors (Lipinski definition) is 5. The molecule has 1 saturated heterocycles. The van der Waals surface area contributed by atoms with Crippen LogP contribution in [0.2, 0.25) is 0 Å². The van der Waals surface area contributed by atoms with Crippen LogP contribution in [-0.4, -0.2) is 81.9 Å². The van der Waals surface area contributed by atoms with Gasteiger partial charge in [-0.3, -0.25) is 14.5 Å². The number of likely N-dealkylation sites (N-methyl/N-ethyl adjacent to an activating group) is 1. The normalized spacial score (nSPS) is 24.4. The summed E-state index contributed by atoms with van der Waals surface area (Å²) < 4.78 is 1.88. The molecule has 1 N–H and O–H groups in total. The van der Waals surface area contributed by atoms with E-state index in [9.17, 15) is 14.4 Å². The fraction of sp³-hybridized carbons (Fsp3) is 0.421. The molecule has 2 atom stereocenters. The number of nitrogens with zero attached hydrogens (tertiary/aromatic N) is 5. The first kappa shape index (κ1) is 18.1. The smallest absolute Gasteiger partial charge is 0.397 e. The molecule has 0 spiro atoms. The first-order valence-corrected chi connectivity index (χ1v) is 9.15. The number of aryl methyl sites for hydroxylation is 1. The van der Waals surface area contributed by atoms with Crippen molar-refractivity contribution in [2.45, 2.75) is 19.9 Å². The average molecular weight is 384 g/mol. The Hall–Kier alpha value is -3.23. The second kappa shape index (κ2) is 6.43. The molecule has 9 nitrogen and oxygen atoms in total. The highest BCUT2D eigenvalue weighted by atomic mass is 16.4. The third-order valence-corrected chi connectivity index (χ3v) is 5.27. The van der Waals surface area contributed by atoms with Gasteiger partial charge >= 0.3 is 18.0 Å². The van der Waals surface area contributed by atoms with E-state index in [0.29, 0.717) is 18.3 Å². The summed E-state index contributed by atoms with van der Waals surface area (Å²) in [5.74, 6) is -0.559. The van der Waals surface area contributed by atoms with Crippen LogP contribution in [0, 0.1) is 12.8 Å². The minimum atomic E-state index is -1.23. The molecule has 28 heavy (non-hydrogen) atoms. The molecular weight excluding hydrogens is 362 g/mol. The summed E-state index contributed by atoms with van der Waals surface area (Å²) >= 11 is 0. The van der Waals surface area contributed by atoms with Crippen LogP contribution in [0.15, 0.2) is 29.3 Å². The van der Waals surface area contributed by atoms with Crippen molar-refractivity contribution in [1.82, 2.24) is 9.80 Å². The van der Waals surface area contributed by atoms with Crippen molar-refractivity contribution in [3.05, 3.63) is 29.8 Å². The van der Waals surface area contributed by atoms with Crippen LogP contribution in [0.1, 0.15) is 12.5 Å². The Morgan fingerprint density at radius 1 is 1.29 bits per heavy atom. The number of anilines is 1. The number of hydrogen-bond donors (Lipinski definition) is 1. The van der Waals surface area contributed by atoms with Gasteiger partial charge in [0.15, 0.2) is 0 Å². The summed E-state index contributed by atoms with van der Waals surface area (Å²) in [4.78, 5) is 45.4. The number of benzene rings is 1. The van der Waals surface area contributed by atoms with Crippen molar-refractivity contribution in [2.75, 3.05) is 31.6 Å². The van der Waals surface area contributed by atoms with Crippen molar-refractivity contribution >= 4 is 35.4 Å². The van der Waals surface area contributed by atoms with Gasteiger partial charge in [0.1, 0.15) is 12.2 Å². The van der Waals surface area contributed by atoms with Gasteiger partial charge in [-0.05, 0) is 19.1 Å². The molecule has 0 saturated carbocycles. The maximum absolute atomic E-state index is 13.0. The highest BCUT2D eigenvalue weighted by Crippen LogP contribution is 2.28. The van der Waals surface area contributed by atoms with Gasteiger partial charge in [0.05, 0.1) is 13.1 Å². The van der Waals surface area contributed by atoms with E-state index in [2.05, 4.69) is 11.9 Å². The average Bonchev–Trinajstić information content (AvgIpc) is 3.03. The van der Waals surface area contributed by atoms with E-state index in [4.69, 9.17) is 5.11 Å². The highest BCUT2D eigenvalue weighted by molar-refractivity contribution is 6.24. The molecule has 1 aromatic carbocycles. The molecule has 1 fully saturated rings. The number of guanidine groups is 1. The summed E-state index contributed by atoms with van der Waals surface area (Å²) in [5, 5.41) is 9.09. The largest absolute Gasteiger partial charge is 0.480 e. The molecule has 146 valence electrons. The van der Waals surface area contributed by atoms with Crippen LogP contribution in [-0.2, 0) is 9.59 Å². The van der Waals surface area contributed by atoms with E-state index in [1.54, 1.807) is 0 Å². The second-order valence-electron chi connectivity index (χ2n) is 7.54. The molecule has 0 bridgehead atoms. The number of aliphatic imine (C=N–C) groups is 1. The summed E-state index contributed by atoms with van der Waals surface area (Å²) in [6.07, 6.45) is 0. The quantitative estimate of drug-likeness (QED) is 0.769. The summed E-state index contributed by atoms with van der Waals surface area (Å²) in [5.41, 5.74) is 2.11. The molecule has 3 aliphatic heterocycles. The van der Waals surface area contributed by atoms with E-state index in [1.807, 2.05) is 40.7 Å². The lowest BCUT2D eigenvalue weighted by molar-refractivity contribution is -0.545. The first-order valence-electron chi connectivity index (χ1n) is 9.15. The zero-order valence-corrected chi connectivity index (χ0v) is 16.0. The number of carboxylic acid groups (broad SMARTS) is 1. The maximum atomic E-state index is 13.0. The van der Waals surface area contributed by atoms with Crippen LogP contribution in [0.3, 0.4) is 0 Å². The van der Waals surface area contributed by atoms with Gasteiger partial charge in [-0.2, -0.15) is 0 Å². The van der Waals surface area contributed by atoms with Gasteiger partial charge in [0, 0.05) is 13.0 Å². The molecule has 9 heteroatoms. The predicted octanol–water partition coefficient (Wildman–Crippen LogP) is 0.579. The zero-order valence-electron chi connectivity index (χ0n) is 16.0. The number of amidine groups is 1. The number of carboxylic acids is 1. The minimum absolute atomic E-state index is 0.253. The van der Waals surface area contributed by atoms with Gasteiger partial charge in [-0.1, -0.05) is 29.6 Å². The molecular formula is C19H22N5O4+. The molecule has 2 unspecified atom stereocenters. The predicted molar refractivity (Wildman–Crippen MR) is 102 cm³/mol. The van der Waals surface area contributed by atoms with Crippen molar-refractivity contribution in [1.29, 1.82) is 0 Å². The van der Waals surface area contributed by atoms with E-state index in [-0.39, 0.29) is 5.92 Å². The molecule has 3 heterocycles. The Kier molecular flexibility index (Phi) is 4.17. The number of amides is 3. The number of aliphatic carboxylic acids is 1. The first-order chi connectivity index (χ1) is 13.3. The lowest BCUT2D eigenvalue weighted by atomic mass is 10.1. The van der Waals surface area contributed by atoms with E-state index >= 15 is 0 Å². The topological polar surface area (TPSA) is 96.5 Å². The van der Waals surface area contributed by atoms with Crippen molar-refractivity contribution < 1.29 is 24.1 Å². The Morgan fingerprint density at radius 2 is 1.96 bits per heavy atom. The molecule has 4 rings (SSSR count). The maximum Gasteiger partial charge on any atom is 0.397 e. The van der Waals surface area contributed by atoms with Gasteiger partial charge < -0.3 is 5.11 Å². The molecule has 1 aromatic rings. The van der Waals surface area contributed by atoms with Crippen LogP contribution < -0.4 is 4.90 Å². The standard InChI is InChI=1S/C19H21N5O4/c1-11-4-6-13(7-5-11)22-8-12(2)9-23-15-16(20-18(22)23)21(3)19(28)24(17(15)27)10-14(25)26/h4-7,12,15H,8-10H2,1-3H3/p+1. The minimum Gasteiger partial charge on any atom is -0.480 e. The Balaban J connectivity index is 1.77. The Bertz CT molecular complexity index is 936. The molecule has 0 radical (unpaired) electrons. The highest BCUT2D eigenvalue weighted by Gasteiger charge is 2.55. The molecule has 0 aromatic heterocycles. The van der Waals surface area contributed by atoms with Crippen LogP contribution >= 0.6 is 0 Å². The SMILES string of the molecule is Cc1ccc(N2CC(C)C[N+]3=C2N=C2C3C(=O)N(CC(=O)O)C(=O)N2C)cc1. The number of carbonyl (C=O) groups excluding carboxylic acids is 2. The monoisotopic (exact) mass is 384 g/mol. The van der Waals surface area contributed by atoms with Crippen molar-refractivity contribution in [3.63, 3.8) is 0 Å². The number of rotatable bonds is 3. The summed E-state index contributed by atoms with van der Waals surface area (Å²) in [6, 6.07) is 6.60. The van der Waals surface area contributed by atoms with Gasteiger partial charge in [-0.15, -0.1) is 0 Å². The summed E-state index contributed by atoms with van der Waals surface area (Å²) in [7, 11) is 1.52. The molecule has 3 amide bonds. The van der Waals surface area contributed by atoms with Crippen LogP contribution in [0.25, 0.3) is 0 Å². The summed E-state index contributed by atoms with van der Waals surface area (Å²) in [6.45, 7) is 4.79. The third kappa shape index (κ3) is 2.74. The Morgan fingerprint density at radius 3 is 2.61 bits per heavy atom. The zero-order chi connectivity index (χ0) is 20.2. The van der Waals surface area contributed by atoms with Gasteiger partial charge in [-0.25, -0.2) is 19.2 Å². The van der Waals surface area contributed by atoms with Crippen LogP contribution in [0.5, 0.6) is 0 Å². The fourth-order valence-corrected chi connectivity index (χ4v) is 3.92. The number of imide groups is 1. The number of urea groups is 1. The number of fused-ring (bicyclic) bond motifs is 2. The van der Waals surface area contributed by atoms with Gasteiger partial charge in [0.2, 0.25) is 11.9 Å². The van der Waals surface area contributed by atoms with Crippen molar-refractivity contribution in [3.8, 4) is 0 Å². The lowest BCUT2D eigenvalue weighted by Gasteiger charge is -2.34. The lowest BCUT2D eigenvalue weighted by Crippen LogP contribution is -2.64. The van der Waals surface area contributed by atoms with Crippen molar-refractivity contribution in [2.24, 2.45) is 10.9 Å². The van der Waals surface area contributed by atoms with E-state index in [0.717, 1.165) is 22.7 Å². The van der Waals surface area contributed by atoms with Gasteiger partial charge in [0.25, 0.3) is 5.91 Å². The number of carbonyl (C=O) groups is 3. The van der Waals surface area contributed by atoms with E-state index in [1.165, 1.54) is 11.9 Å². The fourth-order valence-electron chi connectivity index (χ4n) is 3.92. The third-order valence-electron chi connectivity index (χ3n) is 5.27. The second-order valence-corrected chi connectivity index (χ2v) is 7.54. The Labute approximate surface area is 162 Å².